The molecule has 0 bridgehead atoms. The van der Waals surface area contributed by atoms with Gasteiger partial charge < -0.3 is 4.90 Å². The largest absolute Gasteiger partial charge is 0.310 e. The minimum atomic E-state index is -3.97. The van der Waals surface area contributed by atoms with Crippen LogP contribution in [-0.2, 0) is 26.0 Å². The molecule has 32 heavy (non-hydrogen) atoms. The number of para-hydroxylation sites is 2. The van der Waals surface area contributed by atoms with Crippen molar-refractivity contribution in [2.24, 2.45) is 0 Å². The molecule has 2 atom stereocenters. The minimum Gasteiger partial charge on any atom is -0.310 e. The molecule has 2 aliphatic heterocycles. The standard InChI is InChI=1S/C25H19NO4S2.2H2/c27-31(28)22-11-5-6-12-23(22)32(29,30)25-16-19(13-14-24(25)31)26-20-9-3-1-7-17(20)15-18-8-2-4-10-21(18)26;;/h1-14,16,24-25H,15H2;2*1H/i15D2;2*1+1D. The molecule has 0 spiro atoms. The summed E-state index contributed by atoms with van der Waals surface area (Å²) in [5.74, 6) is 0. The van der Waals surface area contributed by atoms with Gasteiger partial charge in [-0.15, -0.1) is 0 Å². The average molecular weight is 472 g/mol. The first-order valence-electron chi connectivity index (χ1n) is 13.1. The second-order valence-corrected chi connectivity index (χ2v) is 12.1. The van der Waals surface area contributed by atoms with Crippen LogP contribution in [0.5, 0.6) is 0 Å². The highest BCUT2D eigenvalue weighted by Gasteiger charge is 2.49. The molecule has 0 saturated heterocycles. The summed E-state index contributed by atoms with van der Waals surface area (Å²) in [6.07, 6.45) is 2.81. The molecule has 0 N–H and O–H groups in total. The van der Waals surface area contributed by atoms with Crippen LogP contribution >= 0.6 is 0 Å². The minimum absolute atomic E-state index is 0.167. The topological polar surface area (TPSA) is 71.5 Å². The molecule has 2 unspecified atom stereocenters. The molecular weight excluding hydrogens is 442 g/mol. The zero-order valence-electron chi connectivity index (χ0n) is 22.7. The van der Waals surface area contributed by atoms with Gasteiger partial charge in [0.2, 0.25) is 0 Å². The Morgan fingerprint density at radius 3 is 1.88 bits per heavy atom. The van der Waals surface area contributed by atoms with Crippen LogP contribution in [-0.4, -0.2) is 27.3 Å². The van der Waals surface area contributed by atoms with E-state index in [-0.39, 0.29) is 9.79 Å². The fraction of sp³-hybridized carbons (Fsp3) is 0.120. The number of hydrogen-bond donors (Lipinski definition) is 0. The Hall–Kier alpha value is -3.16. The van der Waals surface area contributed by atoms with Gasteiger partial charge in [0.25, 0.3) is 0 Å². The van der Waals surface area contributed by atoms with Crippen molar-refractivity contribution < 1.29 is 25.5 Å². The fourth-order valence-corrected chi connectivity index (χ4v) is 9.51. The van der Waals surface area contributed by atoms with E-state index in [2.05, 4.69) is 0 Å². The van der Waals surface area contributed by atoms with Crippen molar-refractivity contribution in [2.75, 3.05) is 4.90 Å². The molecule has 0 amide bonds. The predicted molar refractivity (Wildman–Crippen MR) is 128 cm³/mol. The van der Waals surface area contributed by atoms with Crippen molar-refractivity contribution in [1.82, 2.24) is 0 Å². The zero-order valence-corrected chi connectivity index (χ0v) is 18.3. The second-order valence-electron chi connectivity index (χ2n) is 7.91. The maximum Gasteiger partial charge on any atom is 0.187 e. The van der Waals surface area contributed by atoms with Crippen LogP contribution in [0, 0.1) is 0 Å². The van der Waals surface area contributed by atoms with E-state index in [1.165, 1.54) is 36.4 Å². The van der Waals surface area contributed by atoms with Crippen LogP contribution in [0.25, 0.3) is 0 Å². The molecule has 5 nitrogen and oxygen atoms in total. The van der Waals surface area contributed by atoms with Gasteiger partial charge >= 0.3 is 0 Å². The fourth-order valence-electron chi connectivity index (χ4n) is 4.63. The van der Waals surface area contributed by atoms with Gasteiger partial charge in [-0.3, -0.25) is 0 Å². The Balaban J connectivity index is 0.000000804. The van der Waals surface area contributed by atoms with Crippen molar-refractivity contribution in [3.63, 3.8) is 0 Å². The number of hydrogen-bond acceptors (Lipinski definition) is 5. The van der Waals surface area contributed by atoms with E-state index in [9.17, 15) is 16.8 Å². The van der Waals surface area contributed by atoms with Crippen molar-refractivity contribution in [1.29, 1.82) is 0 Å². The highest BCUT2D eigenvalue weighted by Crippen LogP contribution is 2.45. The summed E-state index contributed by atoms with van der Waals surface area (Å²) in [6.45, 7) is 0. The van der Waals surface area contributed by atoms with Gasteiger partial charge in [0.15, 0.2) is 19.7 Å². The lowest BCUT2D eigenvalue weighted by molar-refractivity contribution is 0.559. The van der Waals surface area contributed by atoms with E-state index in [0.29, 0.717) is 28.2 Å². The molecule has 1 aliphatic carbocycles. The molecule has 0 saturated carbocycles. The third-order valence-corrected chi connectivity index (χ3v) is 10.7. The summed E-state index contributed by atoms with van der Waals surface area (Å²) in [5, 5.41) is -2.51. The quantitative estimate of drug-likeness (QED) is 0.516. The van der Waals surface area contributed by atoms with Gasteiger partial charge in [-0.05, 0) is 47.5 Å². The van der Waals surface area contributed by atoms with E-state index in [4.69, 9.17) is 8.68 Å². The zero-order chi connectivity index (χ0) is 27.9. The number of sulfone groups is 2. The van der Waals surface area contributed by atoms with E-state index >= 15 is 0 Å². The van der Waals surface area contributed by atoms with Gasteiger partial charge in [-0.25, -0.2) is 16.8 Å². The van der Waals surface area contributed by atoms with Gasteiger partial charge in [0.1, 0.15) is 10.5 Å². The third kappa shape index (κ3) is 2.61. The number of allylic oxidation sites excluding steroid dienone is 1. The summed E-state index contributed by atoms with van der Waals surface area (Å²) in [6, 6.07) is 19.8. The van der Waals surface area contributed by atoms with Crippen molar-refractivity contribution in [2.45, 2.75) is 26.7 Å². The first-order chi connectivity index (χ1) is 18.1. The summed E-state index contributed by atoms with van der Waals surface area (Å²) in [7, 11) is -7.87. The summed E-state index contributed by atoms with van der Waals surface area (Å²) < 4.78 is 91.1. The van der Waals surface area contributed by atoms with Crippen LogP contribution in [0.2, 0.25) is 0 Å². The predicted octanol–water partition coefficient (Wildman–Crippen LogP) is 4.67. The molecule has 2 heterocycles. The Labute approximate surface area is 196 Å². The lowest BCUT2D eigenvalue weighted by Gasteiger charge is -2.37. The molecule has 3 aromatic carbocycles. The normalized spacial score (nSPS) is 26.9. The number of fused-ring (bicyclic) bond motifs is 4. The molecule has 164 valence electrons. The number of rotatable bonds is 1. The lowest BCUT2D eigenvalue weighted by Crippen LogP contribution is -2.44. The van der Waals surface area contributed by atoms with Crippen molar-refractivity contribution in [3.8, 4) is 0 Å². The average Bonchev–Trinajstić information content (AvgIpc) is 2.95. The summed E-state index contributed by atoms with van der Waals surface area (Å²) in [4.78, 5) is 1.46. The van der Waals surface area contributed by atoms with E-state index < -0.39 is 36.5 Å². The molecule has 0 aromatic heterocycles. The number of anilines is 2. The van der Waals surface area contributed by atoms with Crippen LogP contribution in [0.4, 0.5) is 11.4 Å². The van der Waals surface area contributed by atoms with Crippen LogP contribution in [0.1, 0.15) is 19.8 Å². The SMILES string of the molecule is [2H]C1([2H])c2ccccc2N(C2=CC3C(C=C2)S(=O)(=O)c2ccccc2S3(=O)=O)c2ccccc21.[2H][2H].[2H][2H]. The van der Waals surface area contributed by atoms with Gasteiger partial charge in [-0.2, -0.15) is 0 Å². The first kappa shape index (κ1) is 15.6. The number of benzene rings is 3. The molecule has 7 heteroatoms. The second kappa shape index (κ2) is 6.67. The highest BCUT2D eigenvalue weighted by atomic mass is 32.2. The highest BCUT2D eigenvalue weighted by molar-refractivity contribution is 7.99. The van der Waals surface area contributed by atoms with E-state index in [1.807, 2.05) is 0 Å². The molecule has 3 aromatic rings. The molecule has 6 rings (SSSR count). The van der Waals surface area contributed by atoms with Gasteiger partial charge in [-0.1, -0.05) is 54.6 Å². The Kier molecular flexibility index (Phi) is 3.25. The Morgan fingerprint density at radius 1 is 0.781 bits per heavy atom. The molecule has 3 aliphatic rings. The van der Waals surface area contributed by atoms with Crippen LogP contribution < -0.4 is 4.90 Å². The number of nitrogens with zero attached hydrogens (tertiary/aromatic N) is 1. The van der Waals surface area contributed by atoms with E-state index in [1.54, 1.807) is 59.5 Å². The Morgan fingerprint density at radius 2 is 1.28 bits per heavy atom. The molecule has 0 radical (unpaired) electrons. The van der Waals surface area contributed by atoms with Gasteiger partial charge in [0, 0.05) is 32.1 Å². The summed E-state index contributed by atoms with van der Waals surface area (Å²) >= 11 is 0. The Bertz CT molecular complexity index is 1610. The van der Waals surface area contributed by atoms with E-state index in [0.717, 1.165) is 0 Å². The maximum atomic E-state index is 13.5. The third-order valence-electron chi connectivity index (χ3n) is 6.11. The lowest BCUT2D eigenvalue weighted by atomic mass is 9.94. The summed E-state index contributed by atoms with van der Waals surface area (Å²) in [5.41, 5.74) is 2.55. The smallest absolute Gasteiger partial charge is 0.187 e. The van der Waals surface area contributed by atoms with Crippen LogP contribution in [0.3, 0.4) is 0 Å². The van der Waals surface area contributed by atoms with Crippen molar-refractivity contribution in [3.05, 3.63) is 108 Å². The van der Waals surface area contributed by atoms with Crippen LogP contribution in [0.15, 0.2) is 107 Å². The maximum absolute atomic E-state index is 13.5. The van der Waals surface area contributed by atoms with Crippen molar-refractivity contribution >= 4 is 31.0 Å². The van der Waals surface area contributed by atoms with Gasteiger partial charge in [0.05, 0.1) is 9.79 Å². The molecule has 0 fully saturated rings. The first-order valence-corrected chi connectivity index (χ1v) is 13.2. The monoisotopic (exact) mass is 471 g/mol. The molecular formula is C25H23NO4S2.